The van der Waals surface area contributed by atoms with Crippen LogP contribution < -0.4 is 10.1 Å². The van der Waals surface area contributed by atoms with E-state index in [1.165, 1.54) is 16.5 Å². The van der Waals surface area contributed by atoms with E-state index in [1.54, 1.807) is 7.11 Å². The molecule has 3 heteroatoms. The van der Waals surface area contributed by atoms with Gasteiger partial charge in [-0.1, -0.05) is 12.1 Å². The van der Waals surface area contributed by atoms with E-state index in [0.717, 1.165) is 18.0 Å². The fraction of sp³-hybridized carbons (Fsp3) is 0.176. The van der Waals surface area contributed by atoms with Crippen LogP contribution in [0.5, 0.6) is 5.75 Å². The lowest BCUT2D eigenvalue weighted by molar-refractivity contribution is 0.414. The lowest BCUT2D eigenvalue weighted by atomic mass is 10.2. The molecule has 0 saturated carbocycles. The van der Waals surface area contributed by atoms with Crippen LogP contribution in [0.3, 0.4) is 0 Å². The van der Waals surface area contributed by atoms with Crippen LogP contribution in [-0.4, -0.2) is 11.7 Å². The van der Waals surface area contributed by atoms with Crippen LogP contribution in [0.1, 0.15) is 5.56 Å². The maximum atomic E-state index is 5.16. The maximum absolute atomic E-state index is 5.16. The van der Waals surface area contributed by atoms with Gasteiger partial charge in [-0.25, -0.2) is 0 Å². The molecule has 0 aliphatic rings. The van der Waals surface area contributed by atoms with Gasteiger partial charge in [0.15, 0.2) is 0 Å². The van der Waals surface area contributed by atoms with E-state index in [1.807, 2.05) is 12.1 Å². The van der Waals surface area contributed by atoms with Crippen LogP contribution in [0, 0.1) is 0 Å². The Labute approximate surface area is 118 Å². The summed E-state index contributed by atoms with van der Waals surface area (Å²) in [5.41, 5.74) is 3.62. The van der Waals surface area contributed by atoms with Gasteiger partial charge in [0.25, 0.3) is 0 Å². The molecule has 0 aliphatic carbocycles. The molecular formula is C17H18N2O. The summed E-state index contributed by atoms with van der Waals surface area (Å²) in [6.07, 6.45) is 2.08. The molecule has 102 valence electrons. The van der Waals surface area contributed by atoms with E-state index in [4.69, 9.17) is 4.74 Å². The molecule has 0 amide bonds. The zero-order valence-electron chi connectivity index (χ0n) is 11.8. The van der Waals surface area contributed by atoms with Gasteiger partial charge in [0, 0.05) is 36.4 Å². The first-order valence-corrected chi connectivity index (χ1v) is 6.68. The highest BCUT2D eigenvalue weighted by Crippen LogP contribution is 2.20. The average Bonchev–Trinajstić information content (AvgIpc) is 2.87. The van der Waals surface area contributed by atoms with Crippen molar-refractivity contribution >= 4 is 16.6 Å². The van der Waals surface area contributed by atoms with Gasteiger partial charge in [-0.2, -0.15) is 0 Å². The monoisotopic (exact) mass is 266 g/mol. The number of hydrogen-bond donors (Lipinski definition) is 1. The molecule has 0 bridgehead atoms. The van der Waals surface area contributed by atoms with Gasteiger partial charge in [-0.3, -0.25) is 0 Å². The predicted molar refractivity (Wildman–Crippen MR) is 83.2 cm³/mol. The van der Waals surface area contributed by atoms with Gasteiger partial charge in [-0.05, 0) is 42.0 Å². The number of aromatic nitrogens is 1. The second-order valence-corrected chi connectivity index (χ2v) is 4.90. The van der Waals surface area contributed by atoms with Crippen LogP contribution in [0.25, 0.3) is 10.9 Å². The van der Waals surface area contributed by atoms with E-state index < -0.39 is 0 Å². The van der Waals surface area contributed by atoms with Crippen molar-refractivity contribution in [3.63, 3.8) is 0 Å². The highest BCUT2D eigenvalue weighted by Gasteiger charge is 2.00. The van der Waals surface area contributed by atoms with Crippen LogP contribution in [0.15, 0.2) is 54.7 Å². The summed E-state index contributed by atoms with van der Waals surface area (Å²) in [5.74, 6) is 0.888. The minimum absolute atomic E-state index is 0.808. The number of methoxy groups -OCH3 is 1. The van der Waals surface area contributed by atoms with E-state index >= 15 is 0 Å². The molecule has 0 unspecified atom stereocenters. The molecule has 1 aromatic heterocycles. The van der Waals surface area contributed by atoms with Crippen molar-refractivity contribution in [1.82, 2.24) is 4.57 Å². The van der Waals surface area contributed by atoms with E-state index in [2.05, 4.69) is 59.5 Å². The Morgan fingerprint density at radius 1 is 1.05 bits per heavy atom. The number of aryl methyl sites for hydroxylation is 1. The van der Waals surface area contributed by atoms with Gasteiger partial charge in [0.05, 0.1) is 7.11 Å². The zero-order valence-corrected chi connectivity index (χ0v) is 11.8. The normalized spacial score (nSPS) is 10.7. The number of fused-ring (bicyclic) bond motifs is 1. The van der Waals surface area contributed by atoms with Crippen molar-refractivity contribution in [3.8, 4) is 5.75 Å². The van der Waals surface area contributed by atoms with Crippen molar-refractivity contribution in [2.75, 3.05) is 12.4 Å². The van der Waals surface area contributed by atoms with E-state index in [-0.39, 0.29) is 0 Å². The fourth-order valence-corrected chi connectivity index (χ4v) is 2.34. The summed E-state index contributed by atoms with van der Waals surface area (Å²) in [7, 11) is 3.75. The van der Waals surface area contributed by atoms with Crippen LogP contribution in [-0.2, 0) is 13.6 Å². The average molecular weight is 266 g/mol. The molecule has 0 atom stereocenters. The maximum Gasteiger partial charge on any atom is 0.118 e. The molecule has 3 aromatic rings. The summed E-state index contributed by atoms with van der Waals surface area (Å²) in [4.78, 5) is 0. The molecule has 1 heterocycles. The molecule has 20 heavy (non-hydrogen) atoms. The number of benzene rings is 2. The summed E-state index contributed by atoms with van der Waals surface area (Å²) in [6, 6.07) is 16.7. The predicted octanol–water partition coefficient (Wildman–Crippen LogP) is 3.80. The first-order valence-electron chi connectivity index (χ1n) is 6.68. The van der Waals surface area contributed by atoms with Crippen molar-refractivity contribution < 1.29 is 4.74 Å². The topological polar surface area (TPSA) is 26.2 Å². The largest absolute Gasteiger partial charge is 0.497 e. The molecule has 0 saturated heterocycles. The van der Waals surface area contributed by atoms with E-state index in [9.17, 15) is 0 Å². The quantitative estimate of drug-likeness (QED) is 0.777. The number of hydrogen-bond acceptors (Lipinski definition) is 2. The molecule has 0 fully saturated rings. The number of nitrogens with zero attached hydrogens (tertiary/aromatic N) is 1. The number of rotatable bonds is 4. The SMILES string of the molecule is COc1ccc(CNc2ccc3c(ccn3C)c2)cc1. The summed E-state index contributed by atoms with van der Waals surface area (Å²) < 4.78 is 7.29. The minimum Gasteiger partial charge on any atom is -0.497 e. The molecule has 3 nitrogen and oxygen atoms in total. The minimum atomic E-state index is 0.808. The van der Waals surface area contributed by atoms with Crippen molar-refractivity contribution in [3.05, 3.63) is 60.3 Å². The van der Waals surface area contributed by atoms with Gasteiger partial charge in [-0.15, -0.1) is 0 Å². The van der Waals surface area contributed by atoms with Crippen LogP contribution >= 0.6 is 0 Å². The number of anilines is 1. The third kappa shape index (κ3) is 2.48. The third-order valence-corrected chi connectivity index (χ3v) is 3.54. The third-order valence-electron chi connectivity index (χ3n) is 3.54. The first-order chi connectivity index (χ1) is 9.76. The van der Waals surface area contributed by atoms with Gasteiger partial charge >= 0.3 is 0 Å². The zero-order chi connectivity index (χ0) is 13.9. The van der Waals surface area contributed by atoms with Crippen molar-refractivity contribution in [1.29, 1.82) is 0 Å². The molecular weight excluding hydrogens is 248 g/mol. The van der Waals surface area contributed by atoms with Gasteiger partial charge in [0.1, 0.15) is 5.75 Å². The number of nitrogens with one attached hydrogen (secondary N) is 1. The molecule has 3 rings (SSSR count). The Kier molecular flexibility index (Phi) is 3.33. The van der Waals surface area contributed by atoms with Gasteiger partial charge in [0.2, 0.25) is 0 Å². The summed E-state index contributed by atoms with van der Waals surface area (Å²) in [5, 5.41) is 4.71. The molecule has 1 N–H and O–H groups in total. The molecule has 0 spiro atoms. The lowest BCUT2D eigenvalue weighted by Gasteiger charge is -2.08. The highest BCUT2D eigenvalue weighted by molar-refractivity contribution is 5.83. The first kappa shape index (κ1) is 12.6. The Balaban J connectivity index is 1.72. The fourth-order valence-electron chi connectivity index (χ4n) is 2.34. The second kappa shape index (κ2) is 5.29. The molecule has 0 aliphatic heterocycles. The summed E-state index contributed by atoms with van der Waals surface area (Å²) >= 11 is 0. The molecule has 2 aromatic carbocycles. The lowest BCUT2D eigenvalue weighted by Crippen LogP contribution is -1.99. The molecule has 0 radical (unpaired) electrons. The second-order valence-electron chi connectivity index (χ2n) is 4.90. The van der Waals surface area contributed by atoms with Gasteiger partial charge < -0.3 is 14.6 Å². The smallest absolute Gasteiger partial charge is 0.118 e. The number of ether oxygens (including phenoxy) is 1. The Bertz CT molecular complexity index is 713. The Hall–Kier alpha value is -2.42. The van der Waals surface area contributed by atoms with Crippen LogP contribution in [0.2, 0.25) is 0 Å². The van der Waals surface area contributed by atoms with Crippen molar-refractivity contribution in [2.24, 2.45) is 7.05 Å². The van der Waals surface area contributed by atoms with Crippen molar-refractivity contribution in [2.45, 2.75) is 6.54 Å². The van der Waals surface area contributed by atoms with E-state index in [0.29, 0.717) is 0 Å². The highest BCUT2D eigenvalue weighted by atomic mass is 16.5. The standard InChI is InChI=1S/C17H18N2O/c1-19-10-9-14-11-15(5-8-17(14)19)18-12-13-3-6-16(20-2)7-4-13/h3-11,18H,12H2,1-2H3. The summed E-state index contributed by atoms with van der Waals surface area (Å²) in [6.45, 7) is 0.808. The Morgan fingerprint density at radius 2 is 1.85 bits per heavy atom. The Morgan fingerprint density at radius 3 is 2.60 bits per heavy atom. The van der Waals surface area contributed by atoms with Crippen LogP contribution in [0.4, 0.5) is 5.69 Å².